The van der Waals surface area contributed by atoms with E-state index in [0.717, 1.165) is 45.0 Å². The Hall–Kier alpha value is -1.30. The predicted molar refractivity (Wildman–Crippen MR) is 78.3 cm³/mol. The van der Waals surface area contributed by atoms with Gasteiger partial charge in [-0.05, 0) is 18.2 Å². The van der Waals surface area contributed by atoms with Crippen molar-refractivity contribution in [2.75, 3.05) is 46.1 Å². The maximum absolute atomic E-state index is 12.3. The Kier molecular flexibility index (Phi) is 6.49. The van der Waals surface area contributed by atoms with E-state index in [1.807, 2.05) is 18.2 Å². The molecule has 1 aromatic rings. The molecule has 1 aromatic carbocycles. The van der Waals surface area contributed by atoms with E-state index in [0.29, 0.717) is 30.9 Å². The summed E-state index contributed by atoms with van der Waals surface area (Å²) in [5, 5.41) is 0. The number of ketones is 1. The molecule has 3 rings (SSSR count). The van der Waals surface area contributed by atoms with Crippen LogP contribution in [-0.2, 0) is 4.74 Å². The quantitative estimate of drug-likeness (QED) is 0.648. The van der Waals surface area contributed by atoms with Gasteiger partial charge in [0.25, 0.3) is 0 Å². The van der Waals surface area contributed by atoms with Crippen molar-refractivity contribution < 1.29 is 31.4 Å². The largest absolute Gasteiger partial charge is 1.00 e. The van der Waals surface area contributed by atoms with Crippen molar-refractivity contribution in [1.82, 2.24) is 4.90 Å². The van der Waals surface area contributed by atoms with Gasteiger partial charge in [-0.1, -0.05) is 0 Å². The van der Waals surface area contributed by atoms with Crippen LogP contribution in [0.25, 0.3) is 0 Å². The highest BCUT2D eigenvalue weighted by Crippen LogP contribution is 2.30. The van der Waals surface area contributed by atoms with Gasteiger partial charge in [-0.15, -0.1) is 0 Å². The molecule has 0 amide bonds. The second-order valence-corrected chi connectivity index (χ2v) is 5.34. The number of Topliss-reactive ketones (excluding diaryl/α,β-unsaturated/α-hetero) is 1. The van der Waals surface area contributed by atoms with Gasteiger partial charge in [-0.25, -0.2) is 0 Å². The molecule has 0 bridgehead atoms. The third-order valence-electron chi connectivity index (χ3n) is 3.83. The summed E-state index contributed by atoms with van der Waals surface area (Å²) in [5.74, 6) is 1.57. The minimum Gasteiger partial charge on any atom is -1.00 e. The monoisotopic (exact) mass is 326 g/mol. The molecule has 122 valence electrons. The Morgan fingerprint density at radius 3 is 2.55 bits per heavy atom. The number of hydrogen-bond donors (Lipinski definition) is 0. The van der Waals surface area contributed by atoms with Gasteiger partial charge < -0.3 is 26.6 Å². The number of fused-ring (bicyclic) bond motifs is 1. The third-order valence-corrected chi connectivity index (χ3v) is 3.83. The maximum atomic E-state index is 12.3. The number of benzene rings is 1. The molecule has 0 saturated carbocycles. The first-order valence-electron chi connectivity index (χ1n) is 7.56. The summed E-state index contributed by atoms with van der Waals surface area (Å²) in [6.07, 6.45) is 1.40. The van der Waals surface area contributed by atoms with Crippen LogP contribution in [0.1, 0.15) is 23.2 Å². The Bertz CT molecular complexity index is 503. The van der Waals surface area contributed by atoms with Gasteiger partial charge in [0.15, 0.2) is 17.3 Å². The van der Waals surface area contributed by atoms with Crippen LogP contribution in [0.5, 0.6) is 11.5 Å². The van der Waals surface area contributed by atoms with Crippen LogP contribution in [-0.4, -0.2) is 56.7 Å². The van der Waals surface area contributed by atoms with Crippen LogP contribution in [0, 0.1) is 0 Å². The zero-order valence-corrected chi connectivity index (χ0v) is 13.3. The first-order chi connectivity index (χ1) is 10.3. The highest BCUT2D eigenvalue weighted by atomic mass is 35.5. The summed E-state index contributed by atoms with van der Waals surface area (Å²) in [4.78, 5) is 14.6. The highest BCUT2D eigenvalue weighted by molar-refractivity contribution is 5.96. The lowest BCUT2D eigenvalue weighted by Gasteiger charge is -2.26. The van der Waals surface area contributed by atoms with Crippen molar-refractivity contribution >= 4 is 5.78 Å². The topological polar surface area (TPSA) is 48.0 Å². The van der Waals surface area contributed by atoms with Crippen molar-refractivity contribution in [3.63, 3.8) is 0 Å². The fraction of sp³-hybridized carbons (Fsp3) is 0.562. The number of rotatable bonds is 4. The van der Waals surface area contributed by atoms with Gasteiger partial charge in [-0.2, -0.15) is 0 Å². The van der Waals surface area contributed by atoms with E-state index in [2.05, 4.69) is 4.90 Å². The van der Waals surface area contributed by atoms with Gasteiger partial charge in [0.2, 0.25) is 0 Å². The van der Waals surface area contributed by atoms with Crippen LogP contribution in [0.4, 0.5) is 0 Å². The Morgan fingerprint density at radius 1 is 1.05 bits per heavy atom. The summed E-state index contributed by atoms with van der Waals surface area (Å²) in [5.41, 5.74) is 0.701. The van der Waals surface area contributed by atoms with E-state index in [4.69, 9.17) is 14.2 Å². The molecule has 1 fully saturated rings. The molecule has 2 aliphatic heterocycles. The van der Waals surface area contributed by atoms with Gasteiger partial charge in [0.1, 0.15) is 0 Å². The van der Waals surface area contributed by atoms with Crippen LogP contribution in [0.15, 0.2) is 18.2 Å². The second-order valence-electron chi connectivity index (χ2n) is 5.34. The van der Waals surface area contributed by atoms with E-state index in [9.17, 15) is 4.79 Å². The van der Waals surface area contributed by atoms with Crippen molar-refractivity contribution in [1.29, 1.82) is 0 Å². The smallest absolute Gasteiger partial charge is 0.164 e. The van der Waals surface area contributed by atoms with Crippen LogP contribution >= 0.6 is 0 Å². The highest BCUT2D eigenvalue weighted by Gasteiger charge is 2.16. The first-order valence-corrected chi connectivity index (χ1v) is 7.56. The zero-order valence-electron chi connectivity index (χ0n) is 12.6. The molecule has 0 aliphatic carbocycles. The lowest BCUT2D eigenvalue weighted by molar-refractivity contribution is -0.0000137. The van der Waals surface area contributed by atoms with Gasteiger partial charge in [-0.3, -0.25) is 9.69 Å². The summed E-state index contributed by atoms with van der Waals surface area (Å²) in [7, 11) is 0. The molecule has 22 heavy (non-hydrogen) atoms. The molecule has 5 nitrogen and oxygen atoms in total. The average Bonchev–Trinajstić information content (AvgIpc) is 2.78. The van der Waals surface area contributed by atoms with Crippen molar-refractivity contribution in [3.05, 3.63) is 23.8 Å². The van der Waals surface area contributed by atoms with Gasteiger partial charge >= 0.3 is 0 Å². The molecule has 2 aliphatic rings. The zero-order chi connectivity index (χ0) is 14.5. The third kappa shape index (κ3) is 4.35. The Labute approximate surface area is 136 Å². The van der Waals surface area contributed by atoms with E-state index in [-0.39, 0.29) is 18.2 Å². The number of morpholine rings is 1. The first kappa shape index (κ1) is 17.1. The fourth-order valence-electron chi connectivity index (χ4n) is 2.57. The number of nitrogens with zero attached hydrogens (tertiary/aromatic N) is 1. The average molecular weight is 327 g/mol. The molecule has 0 spiro atoms. The molecular weight excluding hydrogens is 306 g/mol. The maximum Gasteiger partial charge on any atom is 0.164 e. The summed E-state index contributed by atoms with van der Waals surface area (Å²) in [6, 6.07) is 5.47. The normalized spacial score (nSPS) is 18.2. The fourth-order valence-corrected chi connectivity index (χ4v) is 2.57. The van der Waals surface area contributed by atoms with Crippen molar-refractivity contribution in [3.8, 4) is 11.5 Å². The Balaban J connectivity index is 0.00000176. The molecule has 0 radical (unpaired) electrons. The van der Waals surface area contributed by atoms with Crippen LogP contribution in [0.3, 0.4) is 0 Å². The molecular formula is C16H21ClNO4-. The minimum absolute atomic E-state index is 0. The van der Waals surface area contributed by atoms with Gasteiger partial charge in [0.05, 0.1) is 26.4 Å². The van der Waals surface area contributed by atoms with Gasteiger partial charge in [0, 0.05) is 38.0 Å². The van der Waals surface area contributed by atoms with E-state index >= 15 is 0 Å². The summed E-state index contributed by atoms with van der Waals surface area (Å²) < 4.78 is 16.5. The SMILES string of the molecule is O=C(CCN1CCOCC1)c1ccc2c(c1)OCCCO2.[Cl-]. The predicted octanol–water partition coefficient (Wildman–Crippen LogP) is -1.24. The summed E-state index contributed by atoms with van der Waals surface area (Å²) in [6.45, 7) is 5.44. The lowest BCUT2D eigenvalue weighted by atomic mass is 10.1. The molecule has 0 atom stereocenters. The minimum atomic E-state index is 0. The van der Waals surface area contributed by atoms with E-state index in [1.54, 1.807) is 0 Å². The molecule has 1 saturated heterocycles. The number of halogens is 1. The summed E-state index contributed by atoms with van der Waals surface area (Å²) >= 11 is 0. The number of carbonyl (C=O) groups excluding carboxylic acids is 1. The van der Waals surface area contributed by atoms with Crippen molar-refractivity contribution in [2.24, 2.45) is 0 Å². The van der Waals surface area contributed by atoms with Crippen LogP contribution in [0.2, 0.25) is 0 Å². The number of hydrogen-bond acceptors (Lipinski definition) is 5. The van der Waals surface area contributed by atoms with E-state index in [1.165, 1.54) is 0 Å². The Morgan fingerprint density at radius 2 is 1.77 bits per heavy atom. The van der Waals surface area contributed by atoms with Crippen molar-refractivity contribution in [2.45, 2.75) is 12.8 Å². The second kappa shape index (κ2) is 8.36. The van der Waals surface area contributed by atoms with Crippen LogP contribution < -0.4 is 21.9 Å². The molecule has 0 N–H and O–H groups in total. The lowest BCUT2D eigenvalue weighted by Crippen LogP contribution is -3.00. The molecule has 2 heterocycles. The molecule has 6 heteroatoms. The van der Waals surface area contributed by atoms with E-state index < -0.39 is 0 Å². The number of ether oxygens (including phenoxy) is 3. The molecule has 0 unspecified atom stereocenters. The standard InChI is InChI=1S/C16H21NO4.ClH/c18-14(4-5-17-6-10-19-11-7-17)13-2-3-15-16(12-13)21-9-1-8-20-15;/h2-3,12H,1,4-11H2;1H/p-1. The molecule has 0 aromatic heterocycles. The number of carbonyl (C=O) groups is 1.